The van der Waals surface area contributed by atoms with E-state index in [4.69, 9.17) is 5.11 Å². The van der Waals surface area contributed by atoms with E-state index in [-0.39, 0.29) is 6.42 Å². The summed E-state index contributed by atoms with van der Waals surface area (Å²) in [5.41, 5.74) is -0.700. The third-order valence-electron chi connectivity index (χ3n) is 2.25. The van der Waals surface area contributed by atoms with Crippen LogP contribution >= 0.6 is 0 Å². The van der Waals surface area contributed by atoms with Crippen LogP contribution in [0.2, 0.25) is 0 Å². The van der Waals surface area contributed by atoms with Crippen molar-refractivity contribution in [2.45, 2.75) is 39.0 Å². The molecule has 1 nitrogen and oxygen atoms in total. The third-order valence-corrected chi connectivity index (χ3v) is 2.25. The van der Waals surface area contributed by atoms with Crippen molar-refractivity contribution in [2.24, 2.45) is 0 Å². The molecule has 0 saturated carbocycles. The molecule has 0 heterocycles. The first-order valence-corrected chi connectivity index (χ1v) is 4.96. The fraction of sp³-hybridized carbons (Fsp3) is 0.500. The Labute approximate surface area is 88.7 Å². The lowest BCUT2D eigenvalue weighted by molar-refractivity contribution is 0.193. The highest BCUT2D eigenvalue weighted by Gasteiger charge is 2.20. The van der Waals surface area contributed by atoms with Crippen molar-refractivity contribution in [1.82, 2.24) is 0 Å². The van der Waals surface area contributed by atoms with Crippen molar-refractivity contribution in [1.29, 1.82) is 0 Å². The number of rotatable bonds is 3. The lowest BCUT2D eigenvalue weighted by Crippen LogP contribution is -2.12. The summed E-state index contributed by atoms with van der Waals surface area (Å²) in [6, 6.07) is 4.15. The van der Waals surface area contributed by atoms with Crippen LogP contribution in [0.5, 0.6) is 0 Å². The summed E-state index contributed by atoms with van der Waals surface area (Å²) in [7, 11) is 0. The van der Waals surface area contributed by atoms with Gasteiger partial charge in [-0.3, -0.25) is 0 Å². The number of hydrogen-bond donors (Lipinski definition) is 1. The van der Waals surface area contributed by atoms with Crippen molar-refractivity contribution in [3.63, 3.8) is 0 Å². The zero-order chi connectivity index (χ0) is 11.6. The second-order valence-electron chi connectivity index (χ2n) is 4.33. The molecule has 0 saturated heterocycles. The number of aliphatic hydroxyl groups is 1. The fourth-order valence-corrected chi connectivity index (χ4v) is 1.42. The van der Waals surface area contributed by atoms with Gasteiger partial charge in [0.25, 0.3) is 0 Å². The standard InChI is InChI=1S/C12H16F2O/c1-8(15)6-9-7-10(12(2,3)14)4-5-11(9)13/h4-5,7-8,15H,6H2,1-3H3. The maximum absolute atomic E-state index is 13.6. The predicted octanol–water partition coefficient (Wildman–Crippen LogP) is 2.95. The third kappa shape index (κ3) is 3.27. The topological polar surface area (TPSA) is 20.2 Å². The Hall–Kier alpha value is -0.960. The fourth-order valence-electron chi connectivity index (χ4n) is 1.42. The first-order valence-electron chi connectivity index (χ1n) is 4.96. The summed E-state index contributed by atoms with van der Waals surface area (Å²) in [6.45, 7) is 4.42. The van der Waals surface area contributed by atoms with Crippen molar-refractivity contribution < 1.29 is 13.9 Å². The maximum Gasteiger partial charge on any atom is 0.130 e. The van der Waals surface area contributed by atoms with Crippen LogP contribution in [0.1, 0.15) is 31.9 Å². The van der Waals surface area contributed by atoms with Crippen LogP contribution in [0.3, 0.4) is 0 Å². The largest absolute Gasteiger partial charge is 0.393 e. The summed E-state index contributed by atoms with van der Waals surface area (Å²) >= 11 is 0. The van der Waals surface area contributed by atoms with Gasteiger partial charge in [-0.05, 0) is 44.0 Å². The van der Waals surface area contributed by atoms with E-state index < -0.39 is 17.6 Å². The summed E-state index contributed by atoms with van der Waals surface area (Å²) in [4.78, 5) is 0. The summed E-state index contributed by atoms with van der Waals surface area (Å²) in [6.07, 6.45) is -0.423. The highest BCUT2D eigenvalue weighted by Crippen LogP contribution is 2.26. The predicted molar refractivity (Wildman–Crippen MR) is 55.9 cm³/mol. The Morgan fingerprint density at radius 1 is 1.40 bits per heavy atom. The van der Waals surface area contributed by atoms with Crippen LogP contribution in [0.25, 0.3) is 0 Å². The Bertz CT molecular complexity index is 340. The summed E-state index contributed by atoms with van der Waals surface area (Å²) < 4.78 is 26.9. The average Bonchev–Trinajstić information content (AvgIpc) is 2.06. The molecule has 1 unspecified atom stereocenters. The Balaban J connectivity index is 3.06. The minimum Gasteiger partial charge on any atom is -0.393 e. The highest BCUT2D eigenvalue weighted by molar-refractivity contribution is 5.29. The zero-order valence-electron chi connectivity index (χ0n) is 9.22. The van der Waals surface area contributed by atoms with Crippen LogP contribution in [-0.4, -0.2) is 11.2 Å². The van der Waals surface area contributed by atoms with E-state index in [1.807, 2.05) is 0 Å². The lowest BCUT2D eigenvalue weighted by Gasteiger charge is -2.16. The molecule has 0 fully saturated rings. The van der Waals surface area contributed by atoms with Gasteiger partial charge in [-0.2, -0.15) is 0 Å². The maximum atomic E-state index is 13.6. The van der Waals surface area contributed by atoms with Crippen molar-refractivity contribution in [3.8, 4) is 0 Å². The Morgan fingerprint density at radius 2 is 2.00 bits per heavy atom. The van der Waals surface area contributed by atoms with E-state index in [2.05, 4.69) is 0 Å². The normalized spacial score (nSPS) is 14.0. The van der Waals surface area contributed by atoms with Crippen molar-refractivity contribution >= 4 is 0 Å². The van der Waals surface area contributed by atoms with Gasteiger partial charge in [-0.25, -0.2) is 8.78 Å². The monoisotopic (exact) mass is 214 g/mol. The van der Waals surface area contributed by atoms with Gasteiger partial charge in [0, 0.05) is 6.42 Å². The molecular formula is C12H16F2O. The molecule has 84 valence electrons. The second kappa shape index (κ2) is 4.27. The van der Waals surface area contributed by atoms with Gasteiger partial charge in [0.05, 0.1) is 6.10 Å². The van der Waals surface area contributed by atoms with Crippen LogP contribution in [0.15, 0.2) is 18.2 Å². The average molecular weight is 214 g/mol. The lowest BCUT2D eigenvalue weighted by atomic mass is 9.96. The molecule has 0 aromatic heterocycles. The van der Waals surface area contributed by atoms with Gasteiger partial charge in [-0.1, -0.05) is 6.07 Å². The van der Waals surface area contributed by atoms with Gasteiger partial charge in [0.1, 0.15) is 11.5 Å². The molecule has 0 amide bonds. The highest BCUT2D eigenvalue weighted by atomic mass is 19.1. The van der Waals surface area contributed by atoms with Crippen LogP contribution in [0.4, 0.5) is 8.78 Å². The molecule has 1 N–H and O–H groups in total. The number of benzene rings is 1. The van der Waals surface area contributed by atoms with Crippen molar-refractivity contribution in [2.75, 3.05) is 0 Å². The number of aliphatic hydroxyl groups excluding tert-OH is 1. The Kier molecular flexibility index (Phi) is 3.45. The molecule has 0 bridgehead atoms. The summed E-state index contributed by atoms with van der Waals surface area (Å²) in [5.74, 6) is -0.399. The molecule has 15 heavy (non-hydrogen) atoms. The zero-order valence-corrected chi connectivity index (χ0v) is 9.22. The molecule has 0 aliphatic heterocycles. The first-order chi connectivity index (χ1) is 6.80. The Morgan fingerprint density at radius 3 is 2.47 bits per heavy atom. The molecule has 1 aromatic carbocycles. The number of halogens is 2. The van der Waals surface area contributed by atoms with Gasteiger partial charge < -0.3 is 5.11 Å². The van der Waals surface area contributed by atoms with Crippen LogP contribution in [0, 0.1) is 5.82 Å². The molecule has 0 spiro atoms. The molecule has 0 aliphatic carbocycles. The first kappa shape index (κ1) is 12.1. The van der Waals surface area contributed by atoms with E-state index in [0.29, 0.717) is 11.1 Å². The smallest absolute Gasteiger partial charge is 0.130 e. The molecular weight excluding hydrogens is 198 g/mol. The van der Waals surface area contributed by atoms with Crippen LogP contribution in [-0.2, 0) is 12.1 Å². The van der Waals surface area contributed by atoms with Gasteiger partial charge >= 0.3 is 0 Å². The number of alkyl halides is 1. The van der Waals surface area contributed by atoms with E-state index in [1.165, 1.54) is 32.0 Å². The van der Waals surface area contributed by atoms with E-state index in [9.17, 15) is 8.78 Å². The minimum atomic E-state index is -1.48. The van der Waals surface area contributed by atoms with Crippen LogP contribution < -0.4 is 0 Å². The van der Waals surface area contributed by atoms with Gasteiger partial charge in [-0.15, -0.1) is 0 Å². The van der Waals surface area contributed by atoms with E-state index in [1.54, 1.807) is 6.92 Å². The van der Waals surface area contributed by atoms with E-state index in [0.717, 1.165) is 0 Å². The second-order valence-corrected chi connectivity index (χ2v) is 4.33. The molecule has 1 aromatic rings. The summed E-state index contributed by atoms with van der Waals surface area (Å²) in [5, 5.41) is 9.16. The van der Waals surface area contributed by atoms with E-state index >= 15 is 0 Å². The molecule has 1 atom stereocenters. The van der Waals surface area contributed by atoms with Gasteiger partial charge in [0.2, 0.25) is 0 Å². The SMILES string of the molecule is CC(O)Cc1cc(C(C)(C)F)ccc1F. The molecule has 1 rings (SSSR count). The minimum absolute atomic E-state index is 0.204. The molecule has 3 heteroatoms. The van der Waals surface area contributed by atoms with Gasteiger partial charge in [0.15, 0.2) is 0 Å². The molecule has 0 aliphatic rings. The van der Waals surface area contributed by atoms with Crippen molar-refractivity contribution in [3.05, 3.63) is 35.1 Å². The quantitative estimate of drug-likeness (QED) is 0.820. The number of hydrogen-bond acceptors (Lipinski definition) is 1. The molecule has 0 radical (unpaired) electrons.